The van der Waals surface area contributed by atoms with Crippen LogP contribution < -0.4 is 5.73 Å². The zero-order valence-corrected chi connectivity index (χ0v) is 13.7. The van der Waals surface area contributed by atoms with Crippen LogP contribution >= 0.6 is 27.7 Å². The van der Waals surface area contributed by atoms with Crippen molar-refractivity contribution in [2.45, 2.75) is 24.6 Å². The van der Waals surface area contributed by atoms with Crippen LogP contribution in [0.4, 0.5) is 4.39 Å². The lowest BCUT2D eigenvalue weighted by Crippen LogP contribution is -2.46. The van der Waals surface area contributed by atoms with Crippen molar-refractivity contribution >= 4 is 27.7 Å². The van der Waals surface area contributed by atoms with Crippen LogP contribution in [0.2, 0.25) is 0 Å². The summed E-state index contributed by atoms with van der Waals surface area (Å²) in [5, 5.41) is 0. The Balaban J connectivity index is 2.26. The monoisotopic (exact) mass is 346 g/mol. The summed E-state index contributed by atoms with van der Waals surface area (Å²) in [5.74, 6) is 0.887. The maximum Gasteiger partial charge on any atom is 0.123 e. The van der Waals surface area contributed by atoms with Gasteiger partial charge in [-0.2, -0.15) is 11.8 Å². The van der Waals surface area contributed by atoms with Crippen LogP contribution in [0.25, 0.3) is 0 Å². The van der Waals surface area contributed by atoms with E-state index in [9.17, 15) is 4.39 Å². The van der Waals surface area contributed by atoms with E-state index in [1.54, 1.807) is 12.1 Å². The fourth-order valence-electron chi connectivity index (χ4n) is 2.56. The minimum atomic E-state index is -0.206. The first-order valence-corrected chi connectivity index (χ1v) is 8.24. The second-order valence-electron chi connectivity index (χ2n) is 5.50. The molecule has 19 heavy (non-hydrogen) atoms. The van der Waals surface area contributed by atoms with Crippen molar-refractivity contribution in [2.24, 2.45) is 5.73 Å². The van der Waals surface area contributed by atoms with Gasteiger partial charge in [-0.1, -0.05) is 15.9 Å². The Morgan fingerprint density at radius 2 is 2.26 bits per heavy atom. The van der Waals surface area contributed by atoms with Gasteiger partial charge in [0.15, 0.2) is 0 Å². The predicted molar refractivity (Wildman–Crippen MR) is 84.0 cm³/mol. The van der Waals surface area contributed by atoms with Gasteiger partial charge in [-0.05, 0) is 37.6 Å². The van der Waals surface area contributed by atoms with Gasteiger partial charge in [-0.15, -0.1) is 0 Å². The Labute approximate surface area is 127 Å². The van der Waals surface area contributed by atoms with E-state index in [2.05, 4.69) is 34.7 Å². The van der Waals surface area contributed by atoms with Gasteiger partial charge < -0.3 is 5.73 Å². The van der Waals surface area contributed by atoms with E-state index in [-0.39, 0.29) is 16.6 Å². The molecule has 2 nitrogen and oxygen atoms in total. The van der Waals surface area contributed by atoms with Crippen molar-refractivity contribution in [3.05, 3.63) is 34.1 Å². The molecule has 5 heteroatoms. The highest BCUT2D eigenvalue weighted by Crippen LogP contribution is 2.35. The third-order valence-electron chi connectivity index (χ3n) is 3.44. The molecule has 1 aliphatic heterocycles. The van der Waals surface area contributed by atoms with Crippen molar-refractivity contribution in [1.29, 1.82) is 0 Å². The van der Waals surface area contributed by atoms with Gasteiger partial charge in [0.1, 0.15) is 5.82 Å². The molecule has 0 spiro atoms. The first-order valence-electron chi connectivity index (χ1n) is 6.46. The number of nitrogens with zero attached hydrogens (tertiary/aromatic N) is 1. The molecule has 0 aliphatic carbocycles. The van der Waals surface area contributed by atoms with Gasteiger partial charge in [0.2, 0.25) is 0 Å². The number of nitrogens with two attached hydrogens (primary N) is 1. The third kappa shape index (κ3) is 3.72. The predicted octanol–water partition coefficient (Wildman–Crippen LogP) is 3.42. The highest BCUT2D eigenvalue weighted by Gasteiger charge is 2.31. The fourth-order valence-corrected chi connectivity index (χ4v) is 4.21. The molecule has 1 aliphatic rings. The van der Waals surface area contributed by atoms with Gasteiger partial charge >= 0.3 is 0 Å². The molecule has 1 atom stereocenters. The first-order chi connectivity index (χ1) is 8.93. The van der Waals surface area contributed by atoms with Gasteiger partial charge in [0, 0.05) is 40.6 Å². The number of benzene rings is 1. The molecule has 2 N–H and O–H groups in total. The van der Waals surface area contributed by atoms with E-state index in [0.717, 1.165) is 28.9 Å². The largest absolute Gasteiger partial charge is 0.329 e. The van der Waals surface area contributed by atoms with E-state index >= 15 is 0 Å². The van der Waals surface area contributed by atoms with E-state index in [0.29, 0.717) is 6.54 Å². The summed E-state index contributed by atoms with van der Waals surface area (Å²) in [4.78, 5) is 2.37. The van der Waals surface area contributed by atoms with E-state index in [4.69, 9.17) is 5.73 Å². The summed E-state index contributed by atoms with van der Waals surface area (Å²) in [7, 11) is 0. The second-order valence-corrected chi connectivity index (χ2v) is 8.15. The standard InChI is InChI=1S/C14H20BrFN2S/c1-14(2)9-18(5-6-19-14)13(8-17)11-7-10(16)3-4-12(11)15/h3-4,7,13H,5-6,8-9,17H2,1-2H3. The third-order valence-corrected chi connectivity index (χ3v) is 5.46. The zero-order chi connectivity index (χ0) is 14.0. The van der Waals surface area contributed by atoms with E-state index < -0.39 is 0 Å². The second kappa shape index (κ2) is 6.12. The van der Waals surface area contributed by atoms with E-state index in [1.807, 2.05) is 11.8 Å². The molecule has 0 saturated carbocycles. The van der Waals surface area contributed by atoms with E-state index in [1.165, 1.54) is 6.07 Å². The molecule has 0 radical (unpaired) electrons. The van der Waals surface area contributed by atoms with Gasteiger partial charge in [-0.3, -0.25) is 4.90 Å². The molecule has 0 amide bonds. The molecule has 2 rings (SSSR count). The van der Waals surface area contributed by atoms with Crippen LogP contribution in [0.3, 0.4) is 0 Å². The lowest BCUT2D eigenvalue weighted by molar-refractivity contribution is 0.191. The first kappa shape index (κ1) is 15.3. The van der Waals surface area contributed by atoms with Crippen molar-refractivity contribution < 1.29 is 4.39 Å². The van der Waals surface area contributed by atoms with Crippen molar-refractivity contribution in [3.63, 3.8) is 0 Å². The van der Waals surface area contributed by atoms with Crippen molar-refractivity contribution in [1.82, 2.24) is 4.90 Å². The summed E-state index contributed by atoms with van der Waals surface area (Å²) in [6.07, 6.45) is 0. The molecule has 0 bridgehead atoms. The number of rotatable bonds is 3. The number of thioether (sulfide) groups is 1. The zero-order valence-electron chi connectivity index (χ0n) is 11.3. The Hall–Kier alpha value is -0.100. The van der Waals surface area contributed by atoms with Crippen molar-refractivity contribution in [3.8, 4) is 0 Å². The number of hydrogen-bond acceptors (Lipinski definition) is 3. The minimum Gasteiger partial charge on any atom is -0.329 e. The van der Waals surface area contributed by atoms with Gasteiger partial charge in [-0.25, -0.2) is 4.39 Å². The topological polar surface area (TPSA) is 29.3 Å². The Kier molecular flexibility index (Phi) is 4.93. The van der Waals surface area contributed by atoms with Crippen LogP contribution in [0.15, 0.2) is 22.7 Å². The van der Waals surface area contributed by atoms with Crippen molar-refractivity contribution in [2.75, 3.05) is 25.4 Å². The maximum absolute atomic E-state index is 13.5. The number of hydrogen-bond donors (Lipinski definition) is 1. The molecular weight excluding hydrogens is 327 g/mol. The molecule has 106 valence electrons. The number of halogens is 2. The average Bonchev–Trinajstić information content (AvgIpc) is 2.33. The molecule has 1 aromatic carbocycles. The molecule has 0 aromatic heterocycles. The normalized spacial score (nSPS) is 21.3. The quantitative estimate of drug-likeness (QED) is 0.909. The van der Waals surface area contributed by atoms with Gasteiger partial charge in [0.25, 0.3) is 0 Å². The van der Waals surface area contributed by atoms with Crippen LogP contribution in [0, 0.1) is 5.82 Å². The van der Waals surface area contributed by atoms with Crippen LogP contribution in [0.1, 0.15) is 25.5 Å². The Morgan fingerprint density at radius 3 is 2.89 bits per heavy atom. The van der Waals surface area contributed by atoms with Gasteiger partial charge in [0.05, 0.1) is 0 Å². The summed E-state index contributed by atoms with van der Waals surface area (Å²) >= 11 is 5.50. The Morgan fingerprint density at radius 1 is 1.53 bits per heavy atom. The molecule has 1 fully saturated rings. The fraction of sp³-hybridized carbons (Fsp3) is 0.571. The smallest absolute Gasteiger partial charge is 0.123 e. The lowest BCUT2D eigenvalue weighted by Gasteiger charge is -2.42. The highest BCUT2D eigenvalue weighted by molar-refractivity contribution is 9.10. The summed E-state index contributed by atoms with van der Waals surface area (Å²) < 4.78 is 14.6. The molecule has 1 unspecified atom stereocenters. The molecular formula is C14H20BrFN2S. The lowest BCUT2D eigenvalue weighted by atomic mass is 10.0. The SMILES string of the molecule is CC1(C)CN(C(CN)c2cc(F)ccc2Br)CCS1. The van der Waals surface area contributed by atoms with Crippen LogP contribution in [-0.2, 0) is 0 Å². The summed E-state index contributed by atoms with van der Waals surface area (Å²) in [6.45, 7) is 6.97. The molecule has 1 saturated heterocycles. The Bertz CT molecular complexity index is 453. The summed E-state index contributed by atoms with van der Waals surface area (Å²) in [5.41, 5.74) is 6.90. The maximum atomic E-state index is 13.5. The molecule has 1 heterocycles. The molecule has 1 aromatic rings. The highest BCUT2D eigenvalue weighted by atomic mass is 79.9. The average molecular weight is 347 g/mol. The van der Waals surface area contributed by atoms with Crippen LogP contribution in [-0.4, -0.2) is 35.0 Å². The van der Waals surface area contributed by atoms with Crippen LogP contribution in [0.5, 0.6) is 0 Å². The minimum absolute atomic E-state index is 0.0743. The summed E-state index contributed by atoms with van der Waals surface area (Å²) in [6, 6.07) is 4.90.